The zero-order valence-corrected chi connectivity index (χ0v) is 13.3. The molecule has 0 aliphatic heterocycles. The maximum atomic E-state index is 11.1. The van der Waals surface area contributed by atoms with Crippen molar-refractivity contribution in [2.75, 3.05) is 38.1 Å². The van der Waals surface area contributed by atoms with Crippen molar-refractivity contribution in [3.63, 3.8) is 0 Å². The molecule has 0 unspecified atom stereocenters. The highest BCUT2D eigenvalue weighted by atomic mass is 32.1. The van der Waals surface area contributed by atoms with Crippen LogP contribution in [0.15, 0.2) is 10.9 Å². The van der Waals surface area contributed by atoms with Crippen LogP contribution in [-0.2, 0) is 0 Å². The van der Waals surface area contributed by atoms with Crippen LogP contribution in [0.2, 0.25) is 0 Å². The molecular formula is C15H26N2OS. The van der Waals surface area contributed by atoms with Gasteiger partial charge in [0.1, 0.15) is 4.51 Å². The lowest BCUT2D eigenvalue weighted by Crippen LogP contribution is -2.28. The molecule has 0 aliphatic carbocycles. The van der Waals surface area contributed by atoms with Gasteiger partial charge in [-0.1, -0.05) is 26.1 Å². The molecule has 1 aromatic rings. The van der Waals surface area contributed by atoms with E-state index in [1.165, 1.54) is 38.9 Å². The molecule has 19 heavy (non-hydrogen) atoms. The molecule has 0 atom stereocenters. The average molecular weight is 282 g/mol. The summed E-state index contributed by atoms with van der Waals surface area (Å²) in [6, 6.07) is 1.64. The first-order valence-electron chi connectivity index (χ1n) is 7.34. The van der Waals surface area contributed by atoms with E-state index in [0.717, 1.165) is 18.7 Å². The molecule has 3 nitrogen and oxygen atoms in total. The normalized spacial score (nSPS) is 11.4. The molecule has 1 aromatic carbocycles. The highest BCUT2D eigenvalue weighted by molar-refractivity contribution is 7.71. The number of hydrogen-bond acceptors (Lipinski definition) is 4. The SMILES string of the molecule is CCCN(CCC)CCCCN(C)c1cc(=O)c1=S. The van der Waals surface area contributed by atoms with E-state index in [0.29, 0.717) is 4.51 Å². The highest BCUT2D eigenvalue weighted by Crippen LogP contribution is 2.14. The van der Waals surface area contributed by atoms with Crippen LogP contribution in [0.3, 0.4) is 0 Å². The predicted molar refractivity (Wildman–Crippen MR) is 85.4 cm³/mol. The molecule has 0 aliphatic rings. The second-order valence-electron chi connectivity index (χ2n) is 5.19. The second kappa shape index (κ2) is 8.43. The molecule has 4 heteroatoms. The zero-order valence-electron chi connectivity index (χ0n) is 12.4. The molecule has 0 N–H and O–H groups in total. The maximum absolute atomic E-state index is 11.1. The first-order chi connectivity index (χ1) is 9.10. The van der Waals surface area contributed by atoms with Gasteiger partial charge in [-0.15, -0.1) is 0 Å². The molecule has 0 spiro atoms. The second-order valence-corrected chi connectivity index (χ2v) is 5.60. The van der Waals surface area contributed by atoms with Gasteiger partial charge in [0.2, 0.25) is 5.43 Å². The summed E-state index contributed by atoms with van der Waals surface area (Å²) in [6.07, 6.45) is 4.80. The summed E-state index contributed by atoms with van der Waals surface area (Å²) in [5.41, 5.74) is 0.952. The third kappa shape index (κ3) is 5.03. The molecule has 0 amide bonds. The lowest BCUT2D eigenvalue weighted by atomic mass is 10.2. The van der Waals surface area contributed by atoms with Crippen molar-refractivity contribution in [2.24, 2.45) is 0 Å². The van der Waals surface area contributed by atoms with Crippen molar-refractivity contribution in [1.29, 1.82) is 0 Å². The Morgan fingerprint density at radius 1 is 1.05 bits per heavy atom. The molecule has 0 aromatic heterocycles. The quantitative estimate of drug-likeness (QED) is 0.486. The highest BCUT2D eigenvalue weighted by Gasteiger charge is 2.10. The van der Waals surface area contributed by atoms with Crippen molar-refractivity contribution < 1.29 is 0 Å². The van der Waals surface area contributed by atoms with Crippen LogP contribution >= 0.6 is 12.2 Å². The zero-order chi connectivity index (χ0) is 14.3. The fraction of sp³-hybridized carbons (Fsp3) is 0.733. The van der Waals surface area contributed by atoms with E-state index in [1.54, 1.807) is 6.07 Å². The number of anilines is 1. The van der Waals surface area contributed by atoms with Crippen LogP contribution in [0.25, 0.3) is 0 Å². The molecule has 0 saturated carbocycles. The van der Waals surface area contributed by atoms with Crippen molar-refractivity contribution in [1.82, 2.24) is 4.90 Å². The van der Waals surface area contributed by atoms with E-state index < -0.39 is 0 Å². The van der Waals surface area contributed by atoms with Gasteiger partial charge in [-0.25, -0.2) is 0 Å². The Balaban J connectivity index is 2.21. The summed E-state index contributed by atoms with van der Waals surface area (Å²) in [5.74, 6) is 0. The Hall–Kier alpha value is -0.740. The van der Waals surface area contributed by atoms with Crippen LogP contribution in [0.5, 0.6) is 0 Å². The van der Waals surface area contributed by atoms with Crippen LogP contribution in [0, 0.1) is 4.51 Å². The summed E-state index contributed by atoms with van der Waals surface area (Å²) in [4.78, 5) is 15.7. The van der Waals surface area contributed by atoms with E-state index in [1.807, 2.05) is 7.05 Å². The lowest BCUT2D eigenvalue weighted by molar-refractivity contribution is 0.269. The molecule has 0 radical (unpaired) electrons. The van der Waals surface area contributed by atoms with Gasteiger partial charge in [-0.05, 0) is 45.3 Å². The summed E-state index contributed by atoms with van der Waals surface area (Å²) in [6.45, 7) is 9.03. The predicted octanol–water partition coefficient (Wildman–Crippen LogP) is 2.99. The summed E-state index contributed by atoms with van der Waals surface area (Å²) >= 11 is 5.03. The standard InChI is InChI=1S/C15H26N2OS/c1-4-8-17(9-5-2)11-7-6-10-16(3)13-12-14(18)15(13)19/h12H,4-11H2,1-3H3. The van der Waals surface area contributed by atoms with Crippen molar-refractivity contribution >= 4 is 17.9 Å². The molecule has 0 heterocycles. The van der Waals surface area contributed by atoms with Crippen molar-refractivity contribution in [3.05, 3.63) is 20.8 Å². The van der Waals surface area contributed by atoms with Crippen LogP contribution in [0.1, 0.15) is 39.5 Å². The monoisotopic (exact) mass is 282 g/mol. The van der Waals surface area contributed by atoms with Gasteiger partial charge in [-0.3, -0.25) is 4.79 Å². The minimum absolute atomic E-state index is 0.00826. The first-order valence-corrected chi connectivity index (χ1v) is 7.74. The topological polar surface area (TPSA) is 23.6 Å². The Bertz CT molecular complexity index is 431. The van der Waals surface area contributed by atoms with Gasteiger partial charge in [0.25, 0.3) is 0 Å². The first kappa shape index (κ1) is 16.3. The van der Waals surface area contributed by atoms with Crippen LogP contribution in [0.4, 0.5) is 5.69 Å². The van der Waals surface area contributed by atoms with Crippen molar-refractivity contribution in [3.8, 4) is 0 Å². The maximum Gasteiger partial charge on any atom is 0.200 e. The Labute approximate surface area is 121 Å². The number of hydrogen-bond donors (Lipinski definition) is 0. The van der Waals surface area contributed by atoms with Crippen LogP contribution in [-0.4, -0.2) is 38.1 Å². The molecule has 108 valence electrons. The lowest BCUT2D eigenvalue weighted by Gasteiger charge is -2.23. The van der Waals surface area contributed by atoms with E-state index in [2.05, 4.69) is 23.6 Å². The van der Waals surface area contributed by atoms with E-state index in [9.17, 15) is 4.79 Å². The van der Waals surface area contributed by atoms with Gasteiger partial charge >= 0.3 is 0 Å². The van der Waals surface area contributed by atoms with E-state index in [4.69, 9.17) is 12.2 Å². The van der Waals surface area contributed by atoms with Gasteiger partial charge < -0.3 is 9.80 Å². The number of unbranched alkanes of at least 4 members (excludes halogenated alkanes) is 1. The van der Waals surface area contributed by atoms with Gasteiger partial charge in [0.05, 0.1) is 5.69 Å². The smallest absolute Gasteiger partial charge is 0.200 e. The molecule has 0 saturated heterocycles. The minimum Gasteiger partial charge on any atom is -0.373 e. The summed E-state index contributed by atoms with van der Waals surface area (Å²) in [7, 11) is 2.01. The van der Waals surface area contributed by atoms with E-state index in [-0.39, 0.29) is 5.43 Å². The van der Waals surface area contributed by atoms with Crippen molar-refractivity contribution in [2.45, 2.75) is 39.5 Å². The minimum atomic E-state index is 0.00826. The molecule has 0 fully saturated rings. The summed E-state index contributed by atoms with van der Waals surface area (Å²) < 4.78 is 0.501. The average Bonchev–Trinajstić information content (AvgIpc) is 2.40. The van der Waals surface area contributed by atoms with Gasteiger partial charge in [-0.2, -0.15) is 0 Å². The molecule has 0 bridgehead atoms. The van der Waals surface area contributed by atoms with Gasteiger partial charge in [0.15, 0.2) is 0 Å². The largest absolute Gasteiger partial charge is 0.373 e. The fourth-order valence-electron chi connectivity index (χ4n) is 2.36. The summed E-state index contributed by atoms with van der Waals surface area (Å²) in [5, 5.41) is 0. The Kier molecular flexibility index (Phi) is 7.24. The number of rotatable bonds is 10. The van der Waals surface area contributed by atoms with Gasteiger partial charge in [0, 0.05) is 19.7 Å². The fourth-order valence-corrected chi connectivity index (χ4v) is 2.63. The Morgan fingerprint density at radius 2 is 1.63 bits per heavy atom. The van der Waals surface area contributed by atoms with E-state index >= 15 is 0 Å². The number of nitrogens with zero attached hydrogens (tertiary/aromatic N) is 2. The van der Waals surface area contributed by atoms with Crippen LogP contribution < -0.4 is 10.3 Å². The third-order valence-corrected chi connectivity index (χ3v) is 3.84. The molecule has 1 rings (SSSR count). The Morgan fingerprint density at radius 3 is 2.11 bits per heavy atom. The molecular weight excluding hydrogens is 256 g/mol. The third-order valence-electron chi connectivity index (χ3n) is 3.43.